The van der Waals surface area contributed by atoms with Gasteiger partial charge in [-0.2, -0.15) is 0 Å². The number of carbonyl (C=O) groups is 1. The Morgan fingerprint density at radius 1 is 1.59 bits per heavy atom. The molecule has 0 aromatic carbocycles. The Hall–Kier alpha value is -0.940. The number of hydrogen-bond acceptors (Lipinski definition) is 3. The van der Waals surface area contributed by atoms with Crippen LogP contribution in [0.1, 0.15) is 18.4 Å². The highest BCUT2D eigenvalue weighted by Crippen LogP contribution is 2.12. The second-order valence-electron chi connectivity index (χ2n) is 4.40. The standard InChI is InChI=1S/C12H16BrN3O/c1-16-8-11(2-3-12(16)17)15-6-9-4-10(13)7-14-5-9/h4-5,7,11,15H,2-3,6,8H2,1H3. The zero-order valence-corrected chi connectivity index (χ0v) is 11.4. The summed E-state index contributed by atoms with van der Waals surface area (Å²) in [5, 5.41) is 3.46. The number of nitrogens with one attached hydrogen (secondary N) is 1. The fourth-order valence-corrected chi connectivity index (χ4v) is 2.41. The van der Waals surface area contributed by atoms with E-state index in [0.29, 0.717) is 12.5 Å². The number of piperidine rings is 1. The molecule has 1 aromatic heterocycles. The lowest BCUT2D eigenvalue weighted by Gasteiger charge is -2.30. The van der Waals surface area contributed by atoms with Crippen molar-refractivity contribution in [1.29, 1.82) is 0 Å². The molecule has 0 spiro atoms. The molecule has 2 rings (SSSR count). The van der Waals surface area contributed by atoms with E-state index in [9.17, 15) is 4.79 Å². The summed E-state index contributed by atoms with van der Waals surface area (Å²) in [6, 6.07) is 2.44. The fraction of sp³-hybridized carbons (Fsp3) is 0.500. The van der Waals surface area contributed by atoms with E-state index >= 15 is 0 Å². The first kappa shape index (κ1) is 12.5. The van der Waals surface area contributed by atoms with Crippen molar-refractivity contribution in [3.8, 4) is 0 Å². The van der Waals surface area contributed by atoms with Crippen molar-refractivity contribution in [2.45, 2.75) is 25.4 Å². The number of nitrogens with zero attached hydrogens (tertiary/aromatic N) is 2. The highest BCUT2D eigenvalue weighted by atomic mass is 79.9. The van der Waals surface area contributed by atoms with E-state index in [1.54, 1.807) is 11.1 Å². The van der Waals surface area contributed by atoms with Crippen LogP contribution in [0.5, 0.6) is 0 Å². The summed E-state index contributed by atoms with van der Waals surface area (Å²) in [7, 11) is 1.86. The molecule has 0 bridgehead atoms. The third kappa shape index (κ3) is 3.51. The van der Waals surface area contributed by atoms with Crippen LogP contribution in [-0.4, -0.2) is 35.4 Å². The maximum atomic E-state index is 11.3. The summed E-state index contributed by atoms with van der Waals surface area (Å²) in [4.78, 5) is 17.3. The molecule has 0 radical (unpaired) electrons. The summed E-state index contributed by atoms with van der Waals surface area (Å²) in [6.07, 6.45) is 5.20. The maximum absolute atomic E-state index is 11.3. The van der Waals surface area contributed by atoms with Crippen LogP contribution in [0, 0.1) is 0 Å². The van der Waals surface area contributed by atoms with Crippen molar-refractivity contribution >= 4 is 21.8 Å². The van der Waals surface area contributed by atoms with E-state index in [4.69, 9.17) is 0 Å². The molecule has 5 heteroatoms. The summed E-state index contributed by atoms with van der Waals surface area (Å²) in [5.41, 5.74) is 1.15. The number of likely N-dealkylation sites (N-methyl/N-ethyl adjacent to an activating group) is 1. The molecule has 1 amide bonds. The highest BCUT2D eigenvalue weighted by Gasteiger charge is 2.22. The summed E-state index contributed by atoms with van der Waals surface area (Å²) in [5.74, 6) is 0.243. The van der Waals surface area contributed by atoms with Gasteiger partial charge in [0.1, 0.15) is 0 Å². The Kier molecular flexibility index (Phi) is 4.12. The van der Waals surface area contributed by atoms with Crippen LogP contribution in [0.2, 0.25) is 0 Å². The van der Waals surface area contributed by atoms with Gasteiger partial charge in [-0.05, 0) is 34.0 Å². The minimum absolute atomic E-state index is 0.243. The van der Waals surface area contributed by atoms with Crippen LogP contribution in [-0.2, 0) is 11.3 Å². The minimum atomic E-state index is 0.243. The Balaban J connectivity index is 1.84. The van der Waals surface area contributed by atoms with Crippen molar-refractivity contribution in [1.82, 2.24) is 15.2 Å². The lowest BCUT2D eigenvalue weighted by Crippen LogP contribution is -2.46. The Morgan fingerprint density at radius 2 is 2.41 bits per heavy atom. The molecule has 1 aliphatic rings. The SMILES string of the molecule is CN1CC(NCc2cncc(Br)c2)CCC1=O. The molecular formula is C12H16BrN3O. The van der Waals surface area contributed by atoms with Gasteiger partial charge in [0.15, 0.2) is 0 Å². The predicted octanol–water partition coefficient (Wildman–Crippen LogP) is 1.55. The quantitative estimate of drug-likeness (QED) is 0.921. The molecule has 2 heterocycles. The predicted molar refractivity (Wildman–Crippen MR) is 69.4 cm³/mol. The molecular weight excluding hydrogens is 282 g/mol. The van der Waals surface area contributed by atoms with Gasteiger partial charge in [0.2, 0.25) is 5.91 Å². The molecule has 1 aromatic rings. The number of rotatable bonds is 3. The maximum Gasteiger partial charge on any atom is 0.222 e. The van der Waals surface area contributed by atoms with Crippen LogP contribution in [0.3, 0.4) is 0 Å². The van der Waals surface area contributed by atoms with E-state index < -0.39 is 0 Å². The number of hydrogen-bond donors (Lipinski definition) is 1. The normalized spacial score (nSPS) is 20.7. The first-order valence-electron chi connectivity index (χ1n) is 5.72. The molecule has 0 aliphatic carbocycles. The van der Waals surface area contributed by atoms with Crippen molar-refractivity contribution in [2.24, 2.45) is 0 Å². The second kappa shape index (κ2) is 5.60. The number of carbonyl (C=O) groups excluding carboxylic acids is 1. The Bertz CT molecular complexity index is 410. The third-order valence-corrected chi connectivity index (χ3v) is 3.42. The van der Waals surface area contributed by atoms with Crippen molar-refractivity contribution in [3.05, 3.63) is 28.5 Å². The van der Waals surface area contributed by atoms with Gasteiger partial charge in [0, 0.05) is 49.5 Å². The van der Waals surface area contributed by atoms with Crippen molar-refractivity contribution < 1.29 is 4.79 Å². The van der Waals surface area contributed by atoms with Crippen LogP contribution in [0.15, 0.2) is 22.9 Å². The number of aromatic nitrogens is 1. The van der Waals surface area contributed by atoms with E-state index in [0.717, 1.165) is 29.5 Å². The minimum Gasteiger partial charge on any atom is -0.344 e. The van der Waals surface area contributed by atoms with Gasteiger partial charge in [0.05, 0.1) is 0 Å². The van der Waals surface area contributed by atoms with E-state index in [2.05, 4.69) is 32.3 Å². The van der Waals surface area contributed by atoms with E-state index in [-0.39, 0.29) is 5.91 Å². The lowest BCUT2D eigenvalue weighted by atomic mass is 10.1. The number of likely N-dealkylation sites (tertiary alicyclic amines) is 1. The fourth-order valence-electron chi connectivity index (χ4n) is 1.99. The zero-order valence-electron chi connectivity index (χ0n) is 9.82. The monoisotopic (exact) mass is 297 g/mol. The Labute approximate surface area is 110 Å². The van der Waals surface area contributed by atoms with Crippen LogP contribution in [0.25, 0.3) is 0 Å². The average Bonchev–Trinajstić information content (AvgIpc) is 2.31. The molecule has 1 saturated heterocycles. The van der Waals surface area contributed by atoms with Gasteiger partial charge in [-0.3, -0.25) is 9.78 Å². The molecule has 0 saturated carbocycles. The van der Waals surface area contributed by atoms with Gasteiger partial charge in [-0.15, -0.1) is 0 Å². The van der Waals surface area contributed by atoms with Gasteiger partial charge >= 0.3 is 0 Å². The third-order valence-electron chi connectivity index (χ3n) is 2.98. The lowest BCUT2D eigenvalue weighted by molar-refractivity contribution is -0.132. The molecule has 1 atom stereocenters. The number of amides is 1. The Morgan fingerprint density at radius 3 is 3.12 bits per heavy atom. The average molecular weight is 298 g/mol. The summed E-state index contributed by atoms with van der Waals surface area (Å²) < 4.78 is 0.993. The molecule has 1 N–H and O–H groups in total. The van der Waals surface area contributed by atoms with Gasteiger partial charge in [-0.1, -0.05) is 0 Å². The largest absolute Gasteiger partial charge is 0.344 e. The van der Waals surface area contributed by atoms with Gasteiger partial charge in [0.25, 0.3) is 0 Å². The van der Waals surface area contributed by atoms with Crippen LogP contribution in [0.4, 0.5) is 0 Å². The summed E-state index contributed by atoms with van der Waals surface area (Å²) in [6.45, 7) is 1.58. The summed E-state index contributed by atoms with van der Waals surface area (Å²) >= 11 is 3.40. The molecule has 92 valence electrons. The first-order valence-corrected chi connectivity index (χ1v) is 6.51. The topological polar surface area (TPSA) is 45.2 Å². The molecule has 17 heavy (non-hydrogen) atoms. The molecule has 1 aliphatic heterocycles. The van der Waals surface area contributed by atoms with E-state index in [1.807, 2.05) is 13.2 Å². The molecule has 4 nitrogen and oxygen atoms in total. The zero-order chi connectivity index (χ0) is 12.3. The van der Waals surface area contributed by atoms with Crippen molar-refractivity contribution in [3.63, 3.8) is 0 Å². The first-order chi connectivity index (χ1) is 8.15. The number of halogens is 1. The van der Waals surface area contributed by atoms with Gasteiger partial charge < -0.3 is 10.2 Å². The molecule has 1 unspecified atom stereocenters. The van der Waals surface area contributed by atoms with Crippen LogP contribution < -0.4 is 5.32 Å². The highest BCUT2D eigenvalue weighted by molar-refractivity contribution is 9.10. The van der Waals surface area contributed by atoms with Gasteiger partial charge in [-0.25, -0.2) is 0 Å². The van der Waals surface area contributed by atoms with E-state index in [1.165, 1.54) is 0 Å². The molecule has 1 fully saturated rings. The second-order valence-corrected chi connectivity index (χ2v) is 5.32. The number of pyridine rings is 1. The van der Waals surface area contributed by atoms with Crippen molar-refractivity contribution in [2.75, 3.05) is 13.6 Å². The smallest absolute Gasteiger partial charge is 0.222 e. The van der Waals surface area contributed by atoms with Crippen LogP contribution >= 0.6 is 15.9 Å².